The molecule has 0 atom stereocenters. The Kier molecular flexibility index (Phi) is 6.25. The van der Waals surface area contributed by atoms with Gasteiger partial charge in [0.25, 0.3) is 0 Å². The highest BCUT2D eigenvalue weighted by atomic mass is 13.9. The van der Waals surface area contributed by atoms with Crippen LogP contribution in [0.1, 0.15) is 40.0 Å². The van der Waals surface area contributed by atoms with E-state index in [-0.39, 0.29) is 0 Å². The summed E-state index contributed by atoms with van der Waals surface area (Å²) in [5.74, 6) is 0. The van der Waals surface area contributed by atoms with Crippen LogP contribution in [-0.2, 0) is 0 Å². The number of hydrogen-bond acceptors (Lipinski definition) is 0. The van der Waals surface area contributed by atoms with Crippen LogP contribution in [0.15, 0.2) is 23.8 Å². The van der Waals surface area contributed by atoms with E-state index in [1.54, 1.807) is 5.57 Å². The highest BCUT2D eigenvalue weighted by Gasteiger charge is 1.88. The molecule has 0 unspecified atom stereocenters. The van der Waals surface area contributed by atoms with Gasteiger partial charge in [-0.3, -0.25) is 0 Å². The molecule has 0 spiro atoms. The van der Waals surface area contributed by atoms with Gasteiger partial charge in [-0.15, -0.1) is 0 Å². The highest BCUT2D eigenvalue weighted by molar-refractivity contribution is 5.11. The molecule has 0 bridgehead atoms. The smallest absolute Gasteiger partial charge is 0.0320 e. The minimum Gasteiger partial charge on any atom is -0.0877 e. The molecule has 0 aromatic carbocycles. The molecule has 0 saturated carbocycles. The fraction of sp³-hybridized carbons (Fsp3) is 0.600. The summed E-state index contributed by atoms with van der Waals surface area (Å²) >= 11 is 0. The van der Waals surface area contributed by atoms with E-state index < -0.39 is 0 Å². The van der Waals surface area contributed by atoms with Gasteiger partial charge in [0.05, 0.1) is 0 Å². The second-order valence-corrected chi connectivity index (χ2v) is 2.45. The zero-order chi connectivity index (χ0) is 7.82. The maximum atomic E-state index is 2.23. The second kappa shape index (κ2) is 6.60. The fourth-order valence-corrected chi connectivity index (χ4v) is 0.931. The van der Waals surface area contributed by atoms with E-state index in [4.69, 9.17) is 0 Å². The van der Waals surface area contributed by atoms with E-state index in [1.807, 2.05) is 0 Å². The summed E-state index contributed by atoms with van der Waals surface area (Å²) in [5.41, 5.74) is 1.56. The van der Waals surface area contributed by atoms with Crippen LogP contribution in [0.4, 0.5) is 0 Å². The number of allylic oxidation sites excluding steroid dienone is 4. The van der Waals surface area contributed by atoms with Gasteiger partial charge in [0.15, 0.2) is 0 Å². The van der Waals surface area contributed by atoms with E-state index in [2.05, 4.69) is 39.0 Å². The van der Waals surface area contributed by atoms with Gasteiger partial charge in [-0.1, -0.05) is 44.1 Å². The first-order chi connectivity index (χ1) is 4.85. The molecule has 0 saturated heterocycles. The molecule has 0 aromatic rings. The van der Waals surface area contributed by atoms with Crippen molar-refractivity contribution < 1.29 is 0 Å². The van der Waals surface area contributed by atoms with Crippen molar-refractivity contribution in [1.29, 1.82) is 0 Å². The van der Waals surface area contributed by atoms with Crippen LogP contribution >= 0.6 is 0 Å². The summed E-state index contributed by atoms with van der Waals surface area (Å²) in [6.45, 7) is 6.49. The van der Waals surface area contributed by atoms with Crippen LogP contribution in [0, 0.1) is 0 Å². The maximum Gasteiger partial charge on any atom is -0.0320 e. The molecule has 0 nitrogen and oxygen atoms in total. The van der Waals surface area contributed by atoms with E-state index in [0.29, 0.717) is 0 Å². The summed E-state index contributed by atoms with van der Waals surface area (Å²) in [7, 11) is 0. The molecular weight excluding hydrogens is 120 g/mol. The van der Waals surface area contributed by atoms with Crippen LogP contribution in [0.25, 0.3) is 0 Å². The molecule has 10 heavy (non-hydrogen) atoms. The van der Waals surface area contributed by atoms with Crippen molar-refractivity contribution in [3.63, 3.8) is 0 Å². The first-order valence-electron chi connectivity index (χ1n) is 4.15. The van der Waals surface area contributed by atoms with Crippen LogP contribution in [-0.4, -0.2) is 0 Å². The SMILES string of the molecule is C/C=C/C=C(\CC)CCC. The Balaban J connectivity index is 3.78. The number of hydrogen-bond donors (Lipinski definition) is 0. The van der Waals surface area contributed by atoms with Gasteiger partial charge in [0, 0.05) is 0 Å². The topological polar surface area (TPSA) is 0 Å². The summed E-state index contributed by atoms with van der Waals surface area (Å²) in [5, 5.41) is 0. The monoisotopic (exact) mass is 138 g/mol. The van der Waals surface area contributed by atoms with E-state index >= 15 is 0 Å². The van der Waals surface area contributed by atoms with Gasteiger partial charge in [0.1, 0.15) is 0 Å². The van der Waals surface area contributed by atoms with Crippen LogP contribution in [0.2, 0.25) is 0 Å². The molecule has 0 amide bonds. The van der Waals surface area contributed by atoms with E-state index in [9.17, 15) is 0 Å². The lowest BCUT2D eigenvalue weighted by Gasteiger charge is -1.98. The van der Waals surface area contributed by atoms with Crippen molar-refractivity contribution in [1.82, 2.24) is 0 Å². The van der Waals surface area contributed by atoms with Gasteiger partial charge in [0.2, 0.25) is 0 Å². The molecule has 0 aromatic heterocycles. The Morgan fingerprint density at radius 2 is 2.00 bits per heavy atom. The predicted octanol–water partition coefficient (Wildman–Crippen LogP) is 3.70. The Labute approximate surface area is 64.6 Å². The average molecular weight is 138 g/mol. The normalized spacial score (nSPS) is 12.9. The van der Waals surface area contributed by atoms with Gasteiger partial charge in [-0.2, -0.15) is 0 Å². The third kappa shape index (κ3) is 4.37. The van der Waals surface area contributed by atoms with Gasteiger partial charge >= 0.3 is 0 Å². The highest BCUT2D eigenvalue weighted by Crippen LogP contribution is 2.08. The third-order valence-corrected chi connectivity index (χ3v) is 1.55. The quantitative estimate of drug-likeness (QED) is 0.520. The molecule has 0 heteroatoms. The van der Waals surface area contributed by atoms with Gasteiger partial charge in [-0.25, -0.2) is 0 Å². The van der Waals surface area contributed by atoms with E-state index in [0.717, 1.165) is 0 Å². The Bertz CT molecular complexity index is 118. The molecule has 58 valence electrons. The van der Waals surface area contributed by atoms with Crippen LogP contribution < -0.4 is 0 Å². The van der Waals surface area contributed by atoms with Crippen molar-refractivity contribution in [2.45, 2.75) is 40.0 Å². The molecule has 0 aliphatic carbocycles. The largest absolute Gasteiger partial charge is 0.0877 e. The van der Waals surface area contributed by atoms with Crippen molar-refractivity contribution in [2.75, 3.05) is 0 Å². The standard InChI is InChI=1S/C10H18/c1-4-7-9-10(6-3)8-5-2/h4,7,9H,5-6,8H2,1-3H3/b7-4+,10-9+. The molecule has 0 fully saturated rings. The zero-order valence-corrected chi connectivity index (χ0v) is 7.35. The third-order valence-electron chi connectivity index (χ3n) is 1.55. The van der Waals surface area contributed by atoms with Crippen molar-refractivity contribution in [3.05, 3.63) is 23.8 Å². The van der Waals surface area contributed by atoms with Crippen LogP contribution in [0.3, 0.4) is 0 Å². The number of rotatable bonds is 4. The fourth-order valence-electron chi connectivity index (χ4n) is 0.931. The predicted molar refractivity (Wildman–Crippen MR) is 48.1 cm³/mol. The lowest BCUT2D eigenvalue weighted by atomic mass is 10.1. The molecule has 0 rings (SSSR count). The minimum atomic E-state index is 1.19. The second-order valence-electron chi connectivity index (χ2n) is 2.45. The van der Waals surface area contributed by atoms with Gasteiger partial charge < -0.3 is 0 Å². The van der Waals surface area contributed by atoms with Crippen molar-refractivity contribution in [3.8, 4) is 0 Å². The summed E-state index contributed by atoms with van der Waals surface area (Å²) in [6, 6.07) is 0. The Morgan fingerprint density at radius 1 is 1.30 bits per heavy atom. The van der Waals surface area contributed by atoms with Crippen molar-refractivity contribution >= 4 is 0 Å². The first-order valence-corrected chi connectivity index (χ1v) is 4.15. The molecule has 0 aliphatic heterocycles. The molecule has 0 radical (unpaired) electrons. The molecule has 0 heterocycles. The lowest BCUT2D eigenvalue weighted by molar-refractivity contribution is 0.859. The maximum absolute atomic E-state index is 2.23. The first kappa shape index (κ1) is 9.48. The summed E-state index contributed by atoms with van der Waals surface area (Å²) in [6.07, 6.45) is 10.1. The molecule has 0 N–H and O–H groups in total. The van der Waals surface area contributed by atoms with Crippen LogP contribution in [0.5, 0.6) is 0 Å². The average Bonchev–Trinajstić information content (AvgIpc) is 1.98. The lowest BCUT2D eigenvalue weighted by Crippen LogP contribution is -1.77. The van der Waals surface area contributed by atoms with Crippen molar-refractivity contribution in [2.24, 2.45) is 0 Å². The zero-order valence-electron chi connectivity index (χ0n) is 7.35. The van der Waals surface area contributed by atoms with E-state index in [1.165, 1.54) is 19.3 Å². The minimum absolute atomic E-state index is 1.19. The molecular formula is C10H18. The van der Waals surface area contributed by atoms with Gasteiger partial charge in [-0.05, 0) is 19.8 Å². The molecule has 0 aliphatic rings. The summed E-state index contributed by atoms with van der Waals surface area (Å²) in [4.78, 5) is 0. The summed E-state index contributed by atoms with van der Waals surface area (Å²) < 4.78 is 0. The Morgan fingerprint density at radius 3 is 2.40 bits per heavy atom. The Hall–Kier alpha value is -0.520.